The maximum absolute atomic E-state index is 9.19. The molecule has 2 rings (SSSR count). The Labute approximate surface area is 102 Å². The van der Waals surface area contributed by atoms with Gasteiger partial charge in [0.2, 0.25) is 0 Å². The Morgan fingerprint density at radius 1 is 1.29 bits per heavy atom. The fraction of sp³-hybridized carbons (Fsp3) is 0.615. The van der Waals surface area contributed by atoms with Crippen LogP contribution in [0.15, 0.2) is 12.1 Å². The summed E-state index contributed by atoms with van der Waals surface area (Å²) < 4.78 is 0. The van der Waals surface area contributed by atoms with E-state index in [1.54, 1.807) is 0 Å². The second-order valence-corrected chi connectivity index (χ2v) is 4.75. The van der Waals surface area contributed by atoms with Gasteiger partial charge in [-0.15, -0.1) is 0 Å². The van der Waals surface area contributed by atoms with E-state index in [2.05, 4.69) is 9.88 Å². The number of rotatable bonds is 3. The van der Waals surface area contributed by atoms with Crippen LogP contribution in [0.4, 0.5) is 5.82 Å². The number of piperidine rings is 1. The number of aryl methyl sites for hydroxylation is 1. The van der Waals surface area contributed by atoms with Crippen LogP contribution in [0.1, 0.15) is 24.1 Å². The van der Waals surface area contributed by atoms with Crippen molar-refractivity contribution < 1.29 is 10.2 Å². The zero-order valence-electron chi connectivity index (χ0n) is 10.3. The van der Waals surface area contributed by atoms with Gasteiger partial charge < -0.3 is 15.1 Å². The number of aliphatic hydroxyl groups excluding tert-OH is 2. The van der Waals surface area contributed by atoms with Gasteiger partial charge in [0.25, 0.3) is 0 Å². The Balaban J connectivity index is 2.10. The van der Waals surface area contributed by atoms with Crippen LogP contribution in [0.3, 0.4) is 0 Å². The summed E-state index contributed by atoms with van der Waals surface area (Å²) >= 11 is 0. The predicted molar refractivity (Wildman–Crippen MR) is 66.9 cm³/mol. The Kier molecular flexibility index (Phi) is 3.97. The van der Waals surface area contributed by atoms with Crippen molar-refractivity contribution in [1.29, 1.82) is 0 Å². The summed E-state index contributed by atoms with van der Waals surface area (Å²) in [4.78, 5) is 6.74. The average molecular weight is 236 g/mol. The molecule has 0 amide bonds. The second kappa shape index (κ2) is 5.47. The van der Waals surface area contributed by atoms with Gasteiger partial charge in [0.15, 0.2) is 0 Å². The van der Waals surface area contributed by atoms with E-state index in [9.17, 15) is 5.11 Å². The summed E-state index contributed by atoms with van der Waals surface area (Å²) in [6, 6.07) is 3.86. The number of pyridine rings is 1. The van der Waals surface area contributed by atoms with Crippen molar-refractivity contribution in [2.45, 2.75) is 26.4 Å². The van der Waals surface area contributed by atoms with Gasteiger partial charge in [-0.2, -0.15) is 0 Å². The normalized spacial score (nSPS) is 17.5. The minimum Gasteiger partial charge on any atom is -0.396 e. The van der Waals surface area contributed by atoms with Crippen LogP contribution in [-0.4, -0.2) is 34.9 Å². The van der Waals surface area contributed by atoms with Crippen LogP contribution in [0.5, 0.6) is 0 Å². The van der Waals surface area contributed by atoms with Gasteiger partial charge in [-0.25, -0.2) is 4.98 Å². The third-order valence-corrected chi connectivity index (χ3v) is 3.38. The summed E-state index contributed by atoms with van der Waals surface area (Å²) in [5.74, 6) is 1.39. The van der Waals surface area contributed by atoms with E-state index in [1.807, 2.05) is 19.1 Å². The molecule has 0 radical (unpaired) electrons. The molecule has 94 valence electrons. The monoisotopic (exact) mass is 236 g/mol. The summed E-state index contributed by atoms with van der Waals surface area (Å²) in [5.41, 5.74) is 1.85. The first-order chi connectivity index (χ1) is 8.22. The van der Waals surface area contributed by atoms with Crippen LogP contribution in [0.2, 0.25) is 0 Å². The van der Waals surface area contributed by atoms with E-state index in [4.69, 9.17) is 5.11 Å². The van der Waals surface area contributed by atoms with E-state index in [0.717, 1.165) is 43.0 Å². The Hall–Kier alpha value is -1.13. The van der Waals surface area contributed by atoms with Gasteiger partial charge in [-0.05, 0) is 43.4 Å². The minimum absolute atomic E-state index is 0.0590. The van der Waals surface area contributed by atoms with E-state index < -0.39 is 0 Å². The smallest absolute Gasteiger partial charge is 0.129 e. The van der Waals surface area contributed by atoms with Gasteiger partial charge in [0.05, 0.1) is 6.61 Å². The lowest BCUT2D eigenvalue weighted by Gasteiger charge is -2.32. The summed E-state index contributed by atoms with van der Waals surface area (Å²) in [5, 5.41) is 18.3. The zero-order valence-corrected chi connectivity index (χ0v) is 10.3. The first-order valence-electron chi connectivity index (χ1n) is 6.17. The molecule has 17 heavy (non-hydrogen) atoms. The predicted octanol–water partition coefficient (Wildman–Crippen LogP) is 1.09. The standard InChI is InChI=1S/C13H20N2O2/c1-10-6-12(9-17)7-13(14-10)15-4-2-11(8-16)3-5-15/h6-7,11,16-17H,2-5,8-9H2,1H3. The van der Waals surface area contributed by atoms with Crippen molar-refractivity contribution >= 4 is 5.82 Å². The second-order valence-electron chi connectivity index (χ2n) is 4.75. The maximum atomic E-state index is 9.19. The summed E-state index contributed by atoms with van der Waals surface area (Å²) in [6.45, 7) is 4.17. The molecule has 2 heterocycles. The van der Waals surface area contributed by atoms with E-state index in [0.29, 0.717) is 5.92 Å². The number of hydrogen-bond donors (Lipinski definition) is 2. The molecule has 1 saturated heterocycles. The van der Waals surface area contributed by atoms with Gasteiger partial charge >= 0.3 is 0 Å². The number of aliphatic hydroxyl groups is 2. The highest BCUT2D eigenvalue weighted by molar-refractivity contribution is 5.42. The molecular weight excluding hydrogens is 216 g/mol. The van der Waals surface area contributed by atoms with Gasteiger partial charge in [-0.3, -0.25) is 0 Å². The zero-order chi connectivity index (χ0) is 12.3. The van der Waals surface area contributed by atoms with Crippen molar-refractivity contribution in [2.75, 3.05) is 24.6 Å². The Morgan fingerprint density at radius 3 is 2.59 bits per heavy atom. The minimum atomic E-state index is 0.0590. The molecule has 2 N–H and O–H groups in total. The molecule has 0 saturated carbocycles. The van der Waals surface area contributed by atoms with E-state index in [-0.39, 0.29) is 13.2 Å². The highest BCUT2D eigenvalue weighted by Crippen LogP contribution is 2.22. The van der Waals surface area contributed by atoms with Crippen LogP contribution in [-0.2, 0) is 6.61 Å². The van der Waals surface area contributed by atoms with Crippen LogP contribution >= 0.6 is 0 Å². The quantitative estimate of drug-likeness (QED) is 0.825. The third-order valence-electron chi connectivity index (χ3n) is 3.38. The number of anilines is 1. The molecule has 0 bridgehead atoms. The fourth-order valence-electron chi connectivity index (χ4n) is 2.32. The van der Waals surface area contributed by atoms with Gasteiger partial charge in [0, 0.05) is 25.4 Å². The largest absolute Gasteiger partial charge is 0.396 e. The molecule has 1 aliphatic heterocycles. The molecule has 0 aromatic carbocycles. The molecule has 1 aliphatic rings. The number of nitrogens with zero attached hydrogens (tertiary/aromatic N) is 2. The fourth-order valence-corrected chi connectivity index (χ4v) is 2.32. The van der Waals surface area contributed by atoms with E-state index in [1.165, 1.54) is 0 Å². The first-order valence-corrected chi connectivity index (χ1v) is 6.17. The number of aromatic nitrogens is 1. The van der Waals surface area contributed by atoms with Gasteiger partial charge in [0.1, 0.15) is 5.82 Å². The van der Waals surface area contributed by atoms with E-state index >= 15 is 0 Å². The van der Waals surface area contributed by atoms with Crippen LogP contribution in [0.25, 0.3) is 0 Å². The molecule has 0 unspecified atom stereocenters. The molecule has 4 heteroatoms. The molecule has 1 aromatic heterocycles. The molecule has 0 spiro atoms. The molecular formula is C13H20N2O2. The van der Waals surface area contributed by atoms with Crippen molar-refractivity contribution in [1.82, 2.24) is 4.98 Å². The lowest BCUT2D eigenvalue weighted by Crippen LogP contribution is -2.35. The Morgan fingerprint density at radius 2 is 2.00 bits per heavy atom. The lowest BCUT2D eigenvalue weighted by molar-refractivity contribution is 0.202. The summed E-state index contributed by atoms with van der Waals surface area (Å²) in [7, 11) is 0. The van der Waals surface area contributed by atoms with Crippen LogP contribution < -0.4 is 4.90 Å². The molecule has 1 aromatic rings. The SMILES string of the molecule is Cc1cc(CO)cc(N2CCC(CO)CC2)n1. The highest BCUT2D eigenvalue weighted by Gasteiger charge is 2.19. The highest BCUT2D eigenvalue weighted by atomic mass is 16.3. The third kappa shape index (κ3) is 2.96. The Bertz CT molecular complexity index is 374. The first kappa shape index (κ1) is 12.3. The lowest BCUT2D eigenvalue weighted by atomic mass is 9.98. The molecule has 0 atom stereocenters. The van der Waals surface area contributed by atoms with Crippen molar-refractivity contribution in [3.05, 3.63) is 23.4 Å². The summed E-state index contributed by atoms with van der Waals surface area (Å²) in [6.07, 6.45) is 2.03. The van der Waals surface area contributed by atoms with Crippen molar-refractivity contribution in [2.24, 2.45) is 5.92 Å². The molecule has 4 nitrogen and oxygen atoms in total. The maximum Gasteiger partial charge on any atom is 0.129 e. The average Bonchev–Trinajstić information content (AvgIpc) is 2.38. The van der Waals surface area contributed by atoms with Gasteiger partial charge in [-0.1, -0.05) is 0 Å². The number of hydrogen-bond acceptors (Lipinski definition) is 4. The van der Waals surface area contributed by atoms with Crippen molar-refractivity contribution in [3.63, 3.8) is 0 Å². The molecule has 1 fully saturated rings. The van der Waals surface area contributed by atoms with Crippen LogP contribution in [0, 0.1) is 12.8 Å². The molecule has 0 aliphatic carbocycles. The van der Waals surface area contributed by atoms with Crippen molar-refractivity contribution in [3.8, 4) is 0 Å². The topological polar surface area (TPSA) is 56.6 Å².